The molecule has 0 aliphatic carbocycles. The average molecular weight is 1020 g/mol. The zero-order chi connectivity index (χ0) is 44.0. The van der Waals surface area contributed by atoms with Crippen LogP contribution in [0.15, 0.2) is 109 Å². The van der Waals surface area contributed by atoms with E-state index in [2.05, 4.69) is 232 Å². The summed E-state index contributed by atoms with van der Waals surface area (Å²) in [6, 6.07) is 48.2. The van der Waals surface area contributed by atoms with E-state index in [-0.39, 0.29) is 54.6 Å². The molecule has 0 radical (unpaired) electrons. The third-order valence-corrected chi connectivity index (χ3v) is 12.2. The van der Waals surface area contributed by atoms with Crippen LogP contribution in [-0.4, -0.2) is 0 Å². The molecule has 0 fully saturated rings. The zero-order valence-electron chi connectivity index (χ0n) is 41.4. The van der Waals surface area contributed by atoms with Crippen molar-refractivity contribution >= 4 is 0 Å². The maximum absolute atomic E-state index is 3.86. The van der Waals surface area contributed by atoms with E-state index in [4.69, 9.17) is 0 Å². The Hall–Kier alpha value is -2.84. The summed E-state index contributed by atoms with van der Waals surface area (Å²) in [7, 11) is 0. The van der Waals surface area contributed by atoms with Gasteiger partial charge in [-0.25, -0.2) is 0 Å². The molecule has 0 spiro atoms. The van der Waals surface area contributed by atoms with Gasteiger partial charge in [0.1, 0.15) is 0 Å². The molecule has 0 heterocycles. The second-order valence-electron chi connectivity index (χ2n) is 19.4. The van der Waals surface area contributed by atoms with E-state index >= 15 is 0 Å². The second-order valence-corrected chi connectivity index (χ2v) is 19.4. The van der Waals surface area contributed by atoms with Crippen molar-refractivity contribution in [3.63, 3.8) is 0 Å². The third kappa shape index (κ3) is 12.3. The van der Waals surface area contributed by atoms with Gasteiger partial charge >= 0.3 is 0 Å². The predicted octanol–water partition coefficient (Wildman–Crippen LogP) is 18.6. The van der Waals surface area contributed by atoms with Gasteiger partial charge in [-0.05, 0) is 47.3 Å². The van der Waals surface area contributed by atoms with Crippen LogP contribution in [0.4, 0.5) is 0 Å². The summed E-state index contributed by atoms with van der Waals surface area (Å²) in [6.07, 6.45) is 0. The first-order valence-corrected chi connectivity index (χ1v) is 23.0. The molecule has 0 unspecified atom stereocenters. The van der Waals surface area contributed by atoms with Crippen molar-refractivity contribution in [2.24, 2.45) is 0 Å². The molecule has 0 nitrogen and oxygen atoms in total. The van der Waals surface area contributed by atoms with E-state index in [0.29, 0.717) is 47.3 Å². The molecule has 6 aromatic carbocycles. The summed E-state index contributed by atoms with van der Waals surface area (Å²) in [6.45, 7) is 36.6. The van der Waals surface area contributed by atoms with Crippen LogP contribution in [-0.2, 0) is 54.6 Å². The smallest absolute Gasteiger partial charge is 0 e. The summed E-state index contributed by atoms with van der Waals surface area (Å²) >= 11 is 0. The fraction of sp³-hybridized carbons (Fsp3) is 0.400. The summed E-state index contributed by atoms with van der Waals surface area (Å²) in [4.78, 5) is 0. The van der Waals surface area contributed by atoms with Crippen LogP contribution >= 0.6 is 0 Å². The third-order valence-electron chi connectivity index (χ3n) is 12.2. The molecule has 6 rings (SSSR count). The summed E-state index contributed by atoms with van der Waals surface area (Å²) in [5, 5.41) is 0. The van der Waals surface area contributed by atoms with E-state index in [1.165, 1.54) is 89.0 Å². The van der Waals surface area contributed by atoms with Gasteiger partial charge in [-0.2, -0.15) is 0 Å². The quantitative estimate of drug-likeness (QED) is 0.0846. The van der Waals surface area contributed by atoms with Gasteiger partial charge in [-0.1, -0.05) is 250 Å². The summed E-state index contributed by atoms with van der Waals surface area (Å²) < 4.78 is 0. The van der Waals surface area contributed by atoms with Crippen LogP contribution in [0.2, 0.25) is 0 Å². The number of hydrogen-bond donors (Lipinski definition) is 0. The predicted molar refractivity (Wildman–Crippen MR) is 265 cm³/mol. The fourth-order valence-electron chi connectivity index (χ4n) is 8.97. The molecule has 0 bridgehead atoms. The minimum atomic E-state index is 0. The molecule has 62 heavy (non-hydrogen) atoms. The summed E-state index contributed by atoms with van der Waals surface area (Å²) in [5.74, 6) is 3.81. The van der Waals surface area contributed by atoms with Crippen molar-refractivity contribution in [3.8, 4) is 44.5 Å². The van der Waals surface area contributed by atoms with Gasteiger partial charge < -0.3 is 0 Å². The van der Waals surface area contributed by atoms with Gasteiger partial charge in [-0.3, -0.25) is 0 Å². The van der Waals surface area contributed by atoms with Gasteiger partial charge in [0.15, 0.2) is 0 Å². The molecular formula is C60H74Cd2-2. The maximum Gasteiger partial charge on any atom is 0 e. The first kappa shape index (κ1) is 53.5. The van der Waals surface area contributed by atoms with Crippen molar-refractivity contribution in [1.29, 1.82) is 0 Å². The molecule has 0 N–H and O–H groups in total. The van der Waals surface area contributed by atoms with Crippen molar-refractivity contribution in [1.82, 2.24) is 0 Å². The molecule has 0 aliphatic heterocycles. The Labute approximate surface area is 419 Å². The van der Waals surface area contributed by atoms with Crippen LogP contribution in [0.5, 0.6) is 0 Å². The Bertz CT molecular complexity index is 1920. The molecule has 0 aromatic heterocycles. The minimum absolute atomic E-state index is 0. The average Bonchev–Trinajstić information content (AvgIpc) is 3.22. The van der Waals surface area contributed by atoms with Gasteiger partial charge in [0.25, 0.3) is 0 Å². The van der Waals surface area contributed by atoms with Crippen LogP contribution in [0, 0.1) is 12.1 Å². The van der Waals surface area contributed by atoms with Gasteiger partial charge in [0.05, 0.1) is 0 Å². The molecule has 2 heteroatoms. The normalized spacial score (nSPS) is 11.5. The van der Waals surface area contributed by atoms with E-state index < -0.39 is 0 Å². The van der Waals surface area contributed by atoms with Gasteiger partial charge in [0, 0.05) is 54.6 Å². The van der Waals surface area contributed by atoms with Crippen LogP contribution in [0.1, 0.15) is 203 Å². The van der Waals surface area contributed by atoms with E-state index in [1.807, 2.05) is 0 Å². The molecule has 6 aromatic rings. The second kappa shape index (κ2) is 23.9. The standard InChI is InChI=1S/2C30H37.2Cd/c2*1-19(2)25-14-10-15-26(20(3)4)29(25)23-12-9-13-24(18-23)30-27(21(5)6)16-11-17-28(30)22(7)8;;/h2*9-17,19-22H,1-8H3;;/q2*-1;;. The van der Waals surface area contributed by atoms with Crippen LogP contribution in [0.3, 0.4) is 0 Å². The first-order chi connectivity index (χ1) is 28.4. The van der Waals surface area contributed by atoms with Crippen LogP contribution in [0.25, 0.3) is 44.5 Å². The Morgan fingerprint density at radius 3 is 0.484 bits per heavy atom. The molecule has 0 aliphatic rings. The molecule has 320 valence electrons. The number of benzene rings is 6. The summed E-state index contributed by atoms with van der Waals surface area (Å²) in [5.41, 5.74) is 21.7. The van der Waals surface area contributed by atoms with E-state index in [1.54, 1.807) is 0 Å². The maximum atomic E-state index is 3.86. The Morgan fingerprint density at radius 2 is 0.355 bits per heavy atom. The van der Waals surface area contributed by atoms with Crippen molar-refractivity contribution in [3.05, 3.63) is 166 Å². The zero-order valence-corrected chi connectivity index (χ0v) is 49.5. The number of hydrogen-bond acceptors (Lipinski definition) is 0. The fourth-order valence-corrected chi connectivity index (χ4v) is 8.97. The molecule has 0 saturated heterocycles. The minimum Gasteiger partial charge on any atom is -0.129 e. The van der Waals surface area contributed by atoms with Crippen molar-refractivity contribution in [2.75, 3.05) is 0 Å². The molecule has 0 amide bonds. The molecular weight excluding hydrogens is 945 g/mol. The Balaban J connectivity index is 0.000000320. The van der Waals surface area contributed by atoms with Gasteiger partial charge in [-0.15, -0.1) is 70.8 Å². The Morgan fingerprint density at radius 1 is 0.226 bits per heavy atom. The SMILES string of the molecule is CC(C)c1cccc(C(C)C)c1-c1[c-]c(-c2c(C(C)C)cccc2C(C)C)ccc1.CC(C)c1cccc(C(C)C)c1-c1[c-]c(-c2c(C(C)C)cccc2C(C)C)ccc1.[Cd].[Cd]. The Kier molecular flexibility index (Phi) is 20.6. The monoisotopic (exact) mass is 1020 g/mol. The molecule has 0 saturated carbocycles. The van der Waals surface area contributed by atoms with E-state index in [9.17, 15) is 0 Å². The van der Waals surface area contributed by atoms with Crippen molar-refractivity contribution < 1.29 is 54.6 Å². The topological polar surface area (TPSA) is 0 Å². The number of rotatable bonds is 12. The van der Waals surface area contributed by atoms with E-state index in [0.717, 1.165) is 0 Å². The largest absolute Gasteiger partial charge is 0.129 e. The van der Waals surface area contributed by atoms with Crippen LogP contribution < -0.4 is 0 Å². The van der Waals surface area contributed by atoms with Crippen molar-refractivity contribution in [2.45, 2.75) is 158 Å². The van der Waals surface area contributed by atoms with Gasteiger partial charge in [0.2, 0.25) is 0 Å². The molecule has 0 atom stereocenters. The first-order valence-electron chi connectivity index (χ1n) is 23.0.